The number of rotatable bonds is 7. The SMILES string of the molecule is CCCCc1noc(CN2CCN(CC(=O)N3CCCC[C@@H]3C)CC2)n1. The number of carbonyl (C=O) groups excluding carboxylic acids is 1. The minimum atomic E-state index is 0.295. The van der Waals surface area contributed by atoms with E-state index in [1.54, 1.807) is 0 Å². The number of amides is 1. The lowest BCUT2D eigenvalue weighted by Gasteiger charge is -2.37. The number of piperidine rings is 1. The van der Waals surface area contributed by atoms with Crippen molar-refractivity contribution in [2.24, 2.45) is 0 Å². The van der Waals surface area contributed by atoms with Crippen molar-refractivity contribution in [3.63, 3.8) is 0 Å². The highest BCUT2D eigenvalue weighted by Crippen LogP contribution is 2.17. The van der Waals surface area contributed by atoms with Crippen LogP contribution in [0.25, 0.3) is 0 Å². The van der Waals surface area contributed by atoms with Crippen LogP contribution < -0.4 is 0 Å². The van der Waals surface area contributed by atoms with Crippen molar-refractivity contribution < 1.29 is 9.32 Å². The molecule has 1 aromatic heterocycles. The smallest absolute Gasteiger partial charge is 0.240 e. The normalized spacial score (nSPS) is 22.7. The molecule has 0 aromatic carbocycles. The van der Waals surface area contributed by atoms with Gasteiger partial charge in [-0.05, 0) is 32.6 Å². The van der Waals surface area contributed by atoms with Crippen LogP contribution in [0, 0.1) is 0 Å². The first-order chi connectivity index (χ1) is 12.7. The van der Waals surface area contributed by atoms with Gasteiger partial charge < -0.3 is 9.42 Å². The number of carbonyl (C=O) groups is 1. The first-order valence-corrected chi connectivity index (χ1v) is 10.2. The molecule has 7 heteroatoms. The molecule has 2 fully saturated rings. The lowest BCUT2D eigenvalue weighted by molar-refractivity contribution is -0.136. The predicted octanol–water partition coefficient (Wildman–Crippen LogP) is 1.93. The van der Waals surface area contributed by atoms with E-state index in [0.717, 1.165) is 70.7 Å². The van der Waals surface area contributed by atoms with E-state index < -0.39 is 0 Å². The summed E-state index contributed by atoms with van der Waals surface area (Å²) in [6.45, 7) is 10.3. The number of unbranched alkanes of at least 4 members (excludes halogenated alkanes) is 1. The van der Waals surface area contributed by atoms with Crippen molar-refractivity contribution in [1.29, 1.82) is 0 Å². The number of aryl methyl sites for hydroxylation is 1. The van der Waals surface area contributed by atoms with Gasteiger partial charge in [-0.3, -0.25) is 14.6 Å². The third kappa shape index (κ3) is 5.27. The number of aromatic nitrogens is 2. The molecule has 0 saturated carbocycles. The summed E-state index contributed by atoms with van der Waals surface area (Å²) in [4.78, 5) is 23.7. The maximum Gasteiger partial charge on any atom is 0.240 e. The summed E-state index contributed by atoms with van der Waals surface area (Å²) in [6, 6.07) is 0.400. The summed E-state index contributed by atoms with van der Waals surface area (Å²) in [7, 11) is 0. The highest BCUT2D eigenvalue weighted by Gasteiger charge is 2.26. The fraction of sp³-hybridized carbons (Fsp3) is 0.842. The molecule has 3 heterocycles. The second-order valence-corrected chi connectivity index (χ2v) is 7.69. The molecule has 0 radical (unpaired) electrons. The standard InChI is InChI=1S/C19H33N5O2/c1-3-4-8-17-20-18(26-21-17)14-22-10-12-23(13-11-22)15-19(25)24-9-6-5-7-16(24)2/h16H,3-15H2,1-2H3/t16-/m0/s1. The molecule has 2 aliphatic rings. The zero-order valence-electron chi connectivity index (χ0n) is 16.3. The number of piperazine rings is 1. The first-order valence-electron chi connectivity index (χ1n) is 10.2. The zero-order valence-corrected chi connectivity index (χ0v) is 16.3. The van der Waals surface area contributed by atoms with E-state index in [1.165, 1.54) is 6.42 Å². The molecule has 1 amide bonds. The van der Waals surface area contributed by atoms with Crippen LogP contribution in [-0.4, -0.2) is 76.1 Å². The van der Waals surface area contributed by atoms with Gasteiger partial charge in [0, 0.05) is 45.2 Å². The van der Waals surface area contributed by atoms with Crippen LogP contribution in [0.5, 0.6) is 0 Å². The first kappa shape index (κ1) is 19.3. The van der Waals surface area contributed by atoms with Crippen molar-refractivity contribution in [1.82, 2.24) is 24.8 Å². The highest BCUT2D eigenvalue weighted by molar-refractivity contribution is 5.78. The number of hydrogen-bond donors (Lipinski definition) is 0. The third-order valence-electron chi connectivity index (χ3n) is 5.57. The largest absolute Gasteiger partial charge is 0.339 e. The molecule has 7 nitrogen and oxygen atoms in total. The Hall–Kier alpha value is -1.47. The molecule has 0 spiro atoms. The van der Waals surface area contributed by atoms with Crippen molar-refractivity contribution in [3.05, 3.63) is 11.7 Å². The summed E-state index contributed by atoms with van der Waals surface area (Å²) in [5.41, 5.74) is 0. The predicted molar refractivity (Wildman–Crippen MR) is 99.7 cm³/mol. The molecule has 0 N–H and O–H groups in total. The molecule has 146 valence electrons. The Bertz CT molecular complexity index is 568. The van der Waals surface area contributed by atoms with Crippen LogP contribution in [0.1, 0.15) is 57.7 Å². The van der Waals surface area contributed by atoms with Gasteiger partial charge in [-0.2, -0.15) is 4.98 Å². The van der Waals surface area contributed by atoms with Gasteiger partial charge in [0.1, 0.15) is 0 Å². The lowest BCUT2D eigenvalue weighted by atomic mass is 10.0. The summed E-state index contributed by atoms with van der Waals surface area (Å²) in [5, 5.41) is 4.06. The average molecular weight is 364 g/mol. The highest BCUT2D eigenvalue weighted by atomic mass is 16.5. The summed E-state index contributed by atoms with van der Waals surface area (Å²) >= 11 is 0. The fourth-order valence-electron chi connectivity index (χ4n) is 3.84. The average Bonchev–Trinajstić information content (AvgIpc) is 3.09. The Morgan fingerprint density at radius 1 is 1.15 bits per heavy atom. The van der Waals surface area contributed by atoms with Gasteiger partial charge in [0.2, 0.25) is 11.8 Å². The third-order valence-corrected chi connectivity index (χ3v) is 5.57. The zero-order chi connectivity index (χ0) is 18.4. The number of hydrogen-bond acceptors (Lipinski definition) is 6. The molecule has 0 aliphatic carbocycles. The van der Waals surface area contributed by atoms with Crippen molar-refractivity contribution in [2.45, 2.75) is 65.0 Å². The second-order valence-electron chi connectivity index (χ2n) is 7.69. The molecular formula is C19H33N5O2. The number of likely N-dealkylation sites (tertiary alicyclic amines) is 1. The van der Waals surface area contributed by atoms with Gasteiger partial charge in [0.25, 0.3) is 0 Å². The maximum atomic E-state index is 12.6. The number of nitrogens with zero attached hydrogens (tertiary/aromatic N) is 5. The lowest BCUT2D eigenvalue weighted by Crippen LogP contribution is -2.51. The maximum absolute atomic E-state index is 12.6. The Morgan fingerprint density at radius 2 is 1.92 bits per heavy atom. The van der Waals surface area contributed by atoms with E-state index in [1.807, 2.05) is 0 Å². The van der Waals surface area contributed by atoms with Gasteiger partial charge >= 0.3 is 0 Å². The fourth-order valence-corrected chi connectivity index (χ4v) is 3.84. The van der Waals surface area contributed by atoms with E-state index in [-0.39, 0.29) is 0 Å². The molecule has 1 aromatic rings. The van der Waals surface area contributed by atoms with Crippen molar-refractivity contribution >= 4 is 5.91 Å². The van der Waals surface area contributed by atoms with Gasteiger partial charge in [-0.1, -0.05) is 18.5 Å². The van der Waals surface area contributed by atoms with Crippen LogP contribution in [0.2, 0.25) is 0 Å². The van der Waals surface area contributed by atoms with E-state index in [2.05, 4.69) is 38.7 Å². The van der Waals surface area contributed by atoms with Gasteiger partial charge in [-0.15, -0.1) is 0 Å². The summed E-state index contributed by atoms with van der Waals surface area (Å²) < 4.78 is 5.37. The van der Waals surface area contributed by atoms with Crippen molar-refractivity contribution in [2.75, 3.05) is 39.3 Å². The quantitative estimate of drug-likeness (QED) is 0.737. The van der Waals surface area contributed by atoms with E-state index >= 15 is 0 Å². The minimum absolute atomic E-state index is 0.295. The monoisotopic (exact) mass is 363 g/mol. The molecule has 1 atom stereocenters. The summed E-state index contributed by atoms with van der Waals surface area (Å²) in [5.74, 6) is 1.83. The minimum Gasteiger partial charge on any atom is -0.339 e. The molecule has 26 heavy (non-hydrogen) atoms. The van der Waals surface area contributed by atoms with E-state index in [9.17, 15) is 4.79 Å². The van der Waals surface area contributed by atoms with Crippen LogP contribution in [-0.2, 0) is 17.8 Å². The van der Waals surface area contributed by atoms with Crippen LogP contribution >= 0.6 is 0 Å². The van der Waals surface area contributed by atoms with E-state index in [0.29, 0.717) is 30.9 Å². The molecule has 3 rings (SSSR count). The molecule has 2 aliphatic heterocycles. The van der Waals surface area contributed by atoms with Crippen LogP contribution in [0.3, 0.4) is 0 Å². The van der Waals surface area contributed by atoms with Crippen LogP contribution in [0.4, 0.5) is 0 Å². The van der Waals surface area contributed by atoms with Gasteiger partial charge in [0.05, 0.1) is 13.1 Å². The van der Waals surface area contributed by atoms with E-state index in [4.69, 9.17) is 4.52 Å². The Kier molecular flexibility index (Phi) is 7.02. The van der Waals surface area contributed by atoms with Gasteiger partial charge in [0.15, 0.2) is 5.82 Å². The Morgan fingerprint density at radius 3 is 2.65 bits per heavy atom. The molecule has 0 unspecified atom stereocenters. The van der Waals surface area contributed by atoms with Gasteiger partial charge in [-0.25, -0.2) is 0 Å². The molecule has 0 bridgehead atoms. The Balaban J connectivity index is 1.40. The molecule has 2 saturated heterocycles. The second kappa shape index (κ2) is 9.46. The van der Waals surface area contributed by atoms with Crippen LogP contribution in [0.15, 0.2) is 4.52 Å². The van der Waals surface area contributed by atoms with Crippen molar-refractivity contribution in [3.8, 4) is 0 Å². The molecular weight excluding hydrogens is 330 g/mol. The Labute approximate surface area is 156 Å². The topological polar surface area (TPSA) is 65.7 Å². The summed E-state index contributed by atoms with van der Waals surface area (Å²) in [6.07, 6.45) is 6.67.